The van der Waals surface area contributed by atoms with Crippen molar-refractivity contribution >= 4 is 17.6 Å². The third kappa shape index (κ3) is 3.54. The molecule has 0 radical (unpaired) electrons. The smallest absolute Gasteiger partial charge is 0.337 e. The molecule has 0 atom stereocenters. The average Bonchev–Trinajstić information content (AvgIpc) is 3.21. The van der Waals surface area contributed by atoms with Crippen molar-refractivity contribution in [3.05, 3.63) is 29.8 Å². The molecule has 2 rings (SSSR count). The van der Waals surface area contributed by atoms with Gasteiger partial charge in [0.25, 0.3) is 0 Å². The van der Waals surface area contributed by atoms with Gasteiger partial charge in [-0.25, -0.2) is 4.79 Å². The number of carboxylic acids is 1. The summed E-state index contributed by atoms with van der Waals surface area (Å²) in [4.78, 5) is 24.5. The molecule has 19 heavy (non-hydrogen) atoms. The number of nitrogens with one attached hydrogen (secondary N) is 1. The number of amides is 1. The van der Waals surface area contributed by atoms with Crippen LogP contribution in [0.5, 0.6) is 0 Å². The first kappa shape index (κ1) is 13.5. The molecule has 1 aliphatic rings. The number of hydrogen-bond acceptors (Lipinski definition) is 3. The van der Waals surface area contributed by atoms with Crippen molar-refractivity contribution in [3.63, 3.8) is 0 Å². The van der Waals surface area contributed by atoms with Crippen LogP contribution in [-0.2, 0) is 4.79 Å². The van der Waals surface area contributed by atoms with E-state index < -0.39 is 5.97 Å². The van der Waals surface area contributed by atoms with E-state index in [0.29, 0.717) is 11.6 Å². The van der Waals surface area contributed by atoms with Gasteiger partial charge in [0.05, 0.1) is 17.8 Å². The molecule has 5 heteroatoms. The fourth-order valence-corrected chi connectivity index (χ4v) is 1.91. The highest BCUT2D eigenvalue weighted by atomic mass is 16.4. The number of hydrogen-bond donors (Lipinski definition) is 2. The van der Waals surface area contributed by atoms with E-state index in [1.54, 1.807) is 25.2 Å². The standard InChI is InChI=1S/C14H18N2O3/c1-16(13(17)9-15-8-10-6-7-10)12-5-3-2-4-11(12)14(18)19/h2-5,10,15H,6-9H2,1H3,(H,18,19). The molecule has 0 aromatic heterocycles. The fraction of sp³-hybridized carbons (Fsp3) is 0.429. The van der Waals surface area contributed by atoms with Crippen molar-refractivity contribution in [3.8, 4) is 0 Å². The Hall–Kier alpha value is -1.88. The Morgan fingerprint density at radius 3 is 2.68 bits per heavy atom. The summed E-state index contributed by atoms with van der Waals surface area (Å²) in [6.45, 7) is 1.10. The zero-order valence-corrected chi connectivity index (χ0v) is 10.9. The Bertz CT molecular complexity index is 483. The van der Waals surface area contributed by atoms with E-state index >= 15 is 0 Å². The molecule has 0 bridgehead atoms. The number of anilines is 1. The van der Waals surface area contributed by atoms with Crippen LogP contribution in [0, 0.1) is 5.92 Å². The number of carboxylic acid groups (broad SMARTS) is 1. The summed E-state index contributed by atoms with van der Waals surface area (Å²) < 4.78 is 0. The Morgan fingerprint density at radius 2 is 2.05 bits per heavy atom. The van der Waals surface area contributed by atoms with E-state index in [0.717, 1.165) is 6.54 Å². The first-order chi connectivity index (χ1) is 9.09. The van der Waals surface area contributed by atoms with Gasteiger partial charge in [-0.15, -0.1) is 0 Å². The van der Waals surface area contributed by atoms with Crippen LogP contribution in [0.2, 0.25) is 0 Å². The maximum atomic E-state index is 12.0. The molecule has 0 aliphatic heterocycles. The number of benzene rings is 1. The van der Waals surface area contributed by atoms with Crippen LogP contribution in [0.3, 0.4) is 0 Å². The lowest BCUT2D eigenvalue weighted by molar-refractivity contribution is -0.117. The van der Waals surface area contributed by atoms with Crippen molar-refractivity contribution in [2.24, 2.45) is 5.92 Å². The van der Waals surface area contributed by atoms with Gasteiger partial charge in [-0.05, 0) is 37.4 Å². The molecule has 0 saturated heterocycles. The number of aromatic carboxylic acids is 1. The fourth-order valence-electron chi connectivity index (χ4n) is 1.91. The van der Waals surface area contributed by atoms with Crippen molar-refractivity contribution < 1.29 is 14.7 Å². The number of likely N-dealkylation sites (N-methyl/N-ethyl adjacent to an activating group) is 1. The Kier molecular flexibility index (Phi) is 4.16. The molecule has 5 nitrogen and oxygen atoms in total. The van der Waals surface area contributed by atoms with Gasteiger partial charge in [0.1, 0.15) is 0 Å². The monoisotopic (exact) mass is 262 g/mol. The molecule has 1 aliphatic carbocycles. The quantitative estimate of drug-likeness (QED) is 0.812. The molecule has 1 amide bonds. The summed E-state index contributed by atoms with van der Waals surface area (Å²) in [5, 5.41) is 12.2. The van der Waals surface area contributed by atoms with Gasteiger partial charge in [-0.2, -0.15) is 0 Å². The number of carbonyl (C=O) groups excluding carboxylic acids is 1. The summed E-state index contributed by atoms with van der Waals surface area (Å²) in [7, 11) is 1.60. The maximum absolute atomic E-state index is 12.0. The summed E-state index contributed by atoms with van der Waals surface area (Å²) in [6.07, 6.45) is 2.47. The Morgan fingerprint density at radius 1 is 1.37 bits per heavy atom. The van der Waals surface area contributed by atoms with Gasteiger partial charge in [0, 0.05) is 7.05 Å². The highest BCUT2D eigenvalue weighted by Crippen LogP contribution is 2.27. The van der Waals surface area contributed by atoms with Crippen LogP contribution in [0.25, 0.3) is 0 Å². The lowest BCUT2D eigenvalue weighted by atomic mass is 10.1. The van der Waals surface area contributed by atoms with Crippen molar-refractivity contribution in [2.45, 2.75) is 12.8 Å². The molecule has 0 heterocycles. The normalized spacial score (nSPS) is 14.2. The second-order valence-electron chi connectivity index (χ2n) is 4.85. The van der Waals surface area contributed by atoms with E-state index in [1.165, 1.54) is 23.8 Å². The zero-order chi connectivity index (χ0) is 13.8. The number of nitrogens with zero attached hydrogens (tertiary/aromatic N) is 1. The van der Waals surface area contributed by atoms with Crippen LogP contribution < -0.4 is 10.2 Å². The minimum atomic E-state index is -1.03. The van der Waals surface area contributed by atoms with Gasteiger partial charge in [0.15, 0.2) is 0 Å². The minimum absolute atomic E-state index is 0.130. The predicted molar refractivity (Wildman–Crippen MR) is 72.4 cm³/mol. The highest BCUT2D eigenvalue weighted by molar-refractivity contribution is 6.02. The summed E-state index contributed by atoms with van der Waals surface area (Å²) in [5.74, 6) is -0.444. The molecule has 1 saturated carbocycles. The molecule has 1 aromatic carbocycles. The lowest BCUT2D eigenvalue weighted by Gasteiger charge is -2.19. The second-order valence-corrected chi connectivity index (χ2v) is 4.85. The van der Waals surface area contributed by atoms with Crippen molar-refractivity contribution in [1.82, 2.24) is 5.32 Å². The van der Waals surface area contributed by atoms with E-state index in [4.69, 9.17) is 5.11 Å². The molecular formula is C14H18N2O3. The largest absolute Gasteiger partial charge is 0.478 e. The topological polar surface area (TPSA) is 69.6 Å². The molecule has 1 fully saturated rings. The second kappa shape index (κ2) is 5.84. The predicted octanol–water partition coefficient (Wildman–Crippen LogP) is 1.35. The van der Waals surface area contributed by atoms with E-state index in [2.05, 4.69) is 5.32 Å². The van der Waals surface area contributed by atoms with Gasteiger partial charge >= 0.3 is 5.97 Å². The SMILES string of the molecule is CN(C(=O)CNCC1CC1)c1ccccc1C(=O)O. The van der Waals surface area contributed by atoms with Gasteiger partial charge in [0.2, 0.25) is 5.91 Å². The Labute approximate surface area is 112 Å². The molecule has 2 N–H and O–H groups in total. The maximum Gasteiger partial charge on any atom is 0.337 e. The van der Waals surface area contributed by atoms with Crippen molar-refractivity contribution in [2.75, 3.05) is 25.0 Å². The van der Waals surface area contributed by atoms with Gasteiger partial charge in [-0.1, -0.05) is 12.1 Å². The molecule has 0 spiro atoms. The van der Waals surface area contributed by atoms with E-state index in [1.807, 2.05) is 0 Å². The number of rotatable bonds is 6. The Balaban J connectivity index is 1.98. The minimum Gasteiger partial charge on any atom is -0.478 e. The first-order valence-corrected chi connectivity index (χ1v) is 6.39. The van der Waals surface area contributed by atoms with E-state index in [9.17, 15) is 9.59 Å². The summed E-state index contributed by atoms with van der Waals surface area (Å²) >= 11 is 0. The number of carbonyl (C=O) groups is 2. The van der Waals surface area contributed by atoms with Crippen LogP contribution in [0.4, 0.5) is 5.69 Å². The molecule has 0 unspecified atom stereocenters. The van der Waals surface area contributed by atoms with Crippen LogP contribution >= 0.6 is 0 Å². The molecular weight excluding hydrogens is 244 g/mol. The average molecular weight is 262 g/mol. The van der Waals surface area contributed by atoms with Gasteiger partial charge < -0.3 is 15.3 Å². The molecule has 102 valence electrons. The van der Waals surface area contributed by atoms with Crippen LogP contribution in [-0.4, -0.2) is 37.1 Å². The van der Waals surface area contributed by atoms with Crippen LogP contribution in [0.15, 0.2) is 24.3 Å². The first-order valence-electron chi connectivity index (χ1n) is 6.39. The highest BCUT2D eigenvalue weighted by Gasteiger charge is 2.22. The van der Waals surface area contributed by atoms with E-state index in [-0.39, 0.29) is 18.0 Å². The molecule has 1 aromatic rings. The zero-order valence-electron chi connectivity index (χ0n) is 10.9. The van der Waals surface area contributed by atoms with Crippen molar-refractivity contribution in [1.29, 1.82) is 0 Å². The summed E-state index contributed by atoms with van der Waals surface area (Å²) in [5.41, 5.74) is 0.564. The lowest BCUT2D eigenvalue weighted by Crippen LogP contribution is -2.37. The van der Waals surface area contributed by atoms with Crippen LogP contribution in [0.1, 0.15) is 23.2 Å². The number of para-hydroxylation sites is 1. The summed E-state index contributed by atoms with van der Waals surface area (Å²) in [6, 6.07) is 6.51. The third-order valence-electron chi connectivity index (χ3n) is 3.28. The third-order valence-corrected chi connectivity index (χ3v) is 3.28. The van der Waals surface area contributed by atoms with Gasteiger partial charge in [-0.3, -0.25) is 4.79 Å².